The second-order valence-electron chi connectivity index (χ2n) is 3.95. The van der Waals surface area contributed by atoms with Gasteiger partial charge in [-0.05, 0) is 31.0 Å². The maximum absolute atomic E-state index is 5.46. The molecule has 4 heteroatoms. The predicted octanol–water partition coefficient (Wildman–Crippen LogP) is 1.52. The van der Waals surface area contributed by atoms with Crippen LogP contribution in [0.25, 0.3) is 11.3 Å². The van der Waals surface area contributed by atoms with Crippen LogP contribution < -0.4 is 5.73 Å². The third-order valence-electron chi connectivity index (χ3n) is 2.70. The van der Waals surface area contributed by atoms with Gasteiger partial charge >= 0.3 is 0 Å². The molecule has 84 valence electrons. The standard InChI is InChI=1S/C12H16N4/c1-9-3-4-11(7-10(9)2)12-8-16(6-5-13)15-14-12/h3-4,7-8H,5-6,13H2,1-2H3. The van der Waals surface area contributed by atoms with Crippen LogP contribution in [0.2, 0.25) is 0 Å². The van der Waals surface area contributed by atoms with Crippen LogP contribution in [-0.4, -0.2) is 21.5 Å². The quantitative estimate of drug-likeness (QED) is 0.846. The first-order valence-corrected chi connectivity index (χ1v) is 5.38. The van der Waals surface area contributed by atoms with Crippen molar-refractivity contribution in [2.75, 3.05) is 6.54 Å². The van der Waals surface area contributed by atoms with E-state index >= 15 is 0 Å². The van der Waals surface area contributed by atoms with Crippen molar-refractivity contribution in [2.24, 2.45) is 5.73 Å². The van der Waals surface area contributed by atoms with E-state index in [0.717, 1.165) is 11.3 Å². The number of aryl methyl sites for hydroxylation is 2. The van der Waals surface area contributed by atoms with Gasteiger partial charge in [-0.15, -0.1) is 5.10 Å². The molecule has 2 N–H and O–H groups in total. The van der Waals surface area contributed by atoms with E-state index in [-0.39, 0.29) is 0 Å². The normalized spacial score (nSPS) is 10.7. The molecule has 2 rings (SSSR count). The minimum absolute atomic E-state index is 0.579. The number of hydrogen-bond donors (Lipinski definition) is 1. The van der Waals surface area contributed by atoms with Gasteiger partial charge in [0, 0.05) is 12.1 Å². The SMILES string of the molecule is Cc1ccc(-c2cn(CCN)nn2)cc1C. The molecule has 1 aromatic heterocycles. The second kappa shape index (κ2) is 4.45. The third-order valence-corrected chi connectivity index (χ3v) is 2.70. The van der Waals surface area contributed by atoms with Crippen molar-refractivity contribution in [2.45, 2.75) is 20.4 Å². The van der Waals surface area contributed by atoms with Gasteiger partial charge in [-0.1, -0.05) is 17.3 Å². The lowest BCUT2D eigenvalue weighted by Crippen LogP contribution is -2.10. The van der Waals surface area contributed by atoms with Gasteiger partial charge in [0.05, 0.1) is 12.7 Å². The summed E-state index contributed by atoms with van der Waals surface area (Å²) >= 11 is 0. The van der Waals surface area contributed by atoms with Crippen molar-refractivity contribution in [3.63, 3.8) is 0 Å². The van der Waals surface area contributed by atoms with Gasteiger partial charge in [-0.25, -0.2) is 0 Å². The molecule has 0 bridgehead atoms. The predicted molar refractivity (Wildman–Crippen MR) is 64.0 cm³/mol. The molecular formula is C12H16N4. The Bertz CT molecular complexity index is 488. The van der Waals surface area contributed by atoms with E-state index < -0.39 is 0 Å². The number of rotatable bonds is 3. The molecule has 2 aromatic rings. The van der Waals surface area contributed by atoms with Crippen molar-refractivity contribution < 1.29 is 0 Å². The summed E-state index contributed by atoms with van der Waals surface area (Å²) in [6.45, 7) is 5.49. The van der Waals surface area contributed by atoms with E-state index in [1.807, 2.05) is 6.20 Å². The molecular weight excluding hydrogens is 200 g/mol. The van der Waals surface area contributed by atoms with Crippen LogP contribution in [0, 0.1) is 13.8 Å². The zero-order valence-corrected chi connectivity index (χ0v) is 9.64. The van der Waals surface area contributed by atoms with Crippen LogP contribution in [0.1, 0.15) is 11.1 Å². The molecule has 0 radical (unpaired) electrons. The lowest BCUT2D eigenvalue weighted by Gasteiger charge is -2.01. The van der Waals surface area contributed by atoms with Crippen molar-refractivity contribution in [1.29, 1.82) is 0 Å². The molecule has 1 heterocycles. The fourth-order valence-corrected chi connectivity index (χ4v) is 1.57. The molecule has 0 atom stereocenters. The lowest BCUT2D eigenvalue weighted by atomic mass is 10.1. The third kappa shape index (κ3) is 2.12. The van der Waals surface area contributed by atoms with Gasteiger partial charge in [-0.3, -0.25) is 4.68 Å². The molecule has 0 aliphatic carbocycles. The van der Waals surface area contributed by atoms with Crippen molar-refractivity contribution in [3.8, 4) is 11.3 Å². The maximum Gasteiger partial charge on any atom is 0.113 e. The van der Waals surface area contributed by atoms with Crippen LogP contribution in [-0.2, 0) is 6.54 Å². The molecule has 16 heavy (non-hydrogen) atoms. The van der Waals surface area contributed by atoms with Gasteiger partial charge in [0.25, 0.3) is 0 Å². The van der Waals surface area contributed by atoms with E-state index in [2.05, 4.69) is 42.4 Å². The Kier molecular flexibility index (Phi) is 3.01. The molecule has 0 saturated carbocycles. The van der Waals surface area contributed by atoms with E-state index in [0.29, 0.717) is 13.1 Å². The Hall–Kier alpha value is -1.68. The first-order valence-electron chi connectivity index (χ1n) is 5.38. The fraction of sp³-hybridized carbons (Fsp3) is 0.333. The van der Waals surface area contributed by atoms with Gasteiger partial charge < -0.3 is 5.73 Å². The molecule has 4 nitrogen and oxygen atoms in total. The lowest BCUT2D eigenvalue weighted by molar-refractivity contribution is 0.598. The van der Waals surface area contributed by atoms with Gasteiger partial charge in [0.1, 0.15) is 5.69 Å². The second-order valence-corrected chi connectivity index (χ2v) is 3.95. The molecule has 0 aliphatic heterocycles. The maximum atomic E-state index is 5.46. The van der Waals surface area contributed by atoms with Crippen molar-refractivity contribution in [3.05, 3.63) is 35.5 Å². The van der Waals surface area contributed by atoms with E-state index in [1.54, 1.807) is 4.68 Å². The van der Waals surface area contributed by atoms with Crippen LogP contribution in [0.5, 0.6) is 0 Å². The zero-order chi connectivity index (χ0) is 11.5. The first-order chi connectivity index (χ1) is 7.70. The highest BCUT2D eigenvalue weighted by Gasteiger charge is 2.04. The number of hydrogen-bond acceptors (Lipinski definition) is 3. The number of nitrogens with zero attached hydrogens (tertiary/aromatic N) is 3. The fourth-order valence-electron chi connectivity index (χ4n) is 1.57. The van der Waals surface area contributed by atoms with Crippen LogP contribution in [0.4, 0.5) is 0 Å². The van der Waals surface area contributed by atoms with Crippen LogP contribution >= 0.6 is 0 Å². The van der Waals surface area contributed by atoms with Crippen LogP contribution in [0.15, 0.2) is 24.4 Å². The van der Waals surface area contributed by atoms with E-state index in [4.69, 9.17) is 5.73 Å². The average molecular weight is 216 g/mol. The topological polar surface area (TPSA) is 56.7 Å². The first kappa shape index (κ1) is 10.8. The molecule has 0 saturated heterocycles. The summed E-state index contributed by atoms with van der Waals surface area (Å²) in [6, 6.07) is 6.30. The number of aromatic nitrogens is 3. The Morgan fingerprint density at radius 1 is 1.25 bits per heavy atom. The molecule has 0 amide bonds. The molecule has 0 fully saturated rings. The summed E-state index contributed by atoms with van der Waals surface area (Å²) in [5.41, 5.74) is 10.0. The van der Waals surface area contributed by atoms with Crippen molar-refractivity contribution >= 4 is 0 Å². The molecule has 0 unspecified atom stereocenters. The van der Waals surface area contributed by atoms with Crippen molar-refractivity contribution in [1.82, 2.24) is 15.0 Å². The average Bonchev–Trinajstić information content (AvgIpc) is 2.71. The highest BCUT2D eigenvalue weighted by molar-refractivity contribution is 5.59. The largest absolute Gasteiger partial charge is 0.329 e. The Morgan fingerprint density at radius 2 is 2.06 bits per heavy atom. The van der Waals surface area contributed by atoms with Crippen LogP contribution in [0.3, 0.4) is 0 Å². The van der Waals surface area contributed by atoms with E-state index in [9.17, 15) is 0 Å². The summed E-state index contributed by atoms with van der Waals surface area (Å²) < 4.78 is 1.77. The smallest absolute Gasteiger partial charge is 0.113 e. The molecule has 0 spiro atoms. The summed E-state index contributed by atoms with van der Waals surface area (Å²) in [5, 5.41) is 8.15. The van der Waals surface area contributed by atoms with Gasteiger partial charge in [-0.2, -0.15) is 0 Å². The molecule has 1 aromatic carbocycles. The minimum Gasteiger partial charge on any atom is -0.329 e. The highest BCUT2D eigenvalue weighted by Crippen LogP contribution is 2.19. The van der Waals surface area contributed by atoms with Gasteiger partial charge in [0.15, 0.2) is 0 Å². The Morgan fingerprint density at radius 3 is 2.75 bits per heavy atom. The molecule has 0 aliphatic rings. The summed E-state index contributed by atoms with van der Waals surface area (Å²) in [4.78, 5) is 0. The Balaban J connectivity index is 2.31. The number of nitrogens with two attached hydrogens (primary N) is 1. The summed E-state index contributed by atoms with van der Waals surface area (Å²) in [5.74, 6) is 0. The van der Waals surface area contributed by atoms with E-state index in [1.165, 1.54) is 11.1 Å². The van der Waals surface area contributed by atoms with Gasteiger partial charge in [0.2, 0.25) is 0 Å². The zero-order valence-electron chi connectivity index (χ0n) is 9.64. The highest BCUT2D eigenvalue weighted by atomic mass is 15.4. The number of benzene rings is 1. The monoisotopic (exact) mass is 216 g/mol. The summed E-state index contributed by atoms with van der Waals surface area (Å²) in [6.07, 6.45) is 1.93. The Labute approximate surface area is 95.1 Å². The minimum atomic E-state index is 0.579. The summed E-state index contributed by atoms with van der Waals surface area (Å²) in [7, 11) is 0.